The normalized spacial score (nSPS) is 15.9. The highest BCUT2D eigenvalue weighted by atomic mass is 16.5. The van der Waals surface area contributed by atoms with Crippen molar-refractivity contribution in [2.75, 3.05) is 28.4 Å². The minimum atomic E-state index is -1.70. The van der Waals surface area contributed by atoms with E-state index in [-0.39, 0.29) is 68.2 Å². The molecule has 9 rings (SSSR count). The second kappa shape index (κ2) is 19.0. The Balaban J connectivity index is 1.57. The van der Waals surface area contributed by atoms with Crippen molar-refractivity contribution >= 4 is 0 Å². The number of hydrogen-bond acceptors (Lipinski definition) is 20. The number of ether oxygens (including phenoxy) is 4. The number of methoxy groups -OCH3 is 4. The van der Waals surface area contributed by atoms with Crippen molar-refractivity contribution < 1.29 is 101 Å². The molecule has 0 atom stereocenters. The van der Waals surface area contributed by atoms with E-state index in [9.17, 15) is 81.7 Å². The minimum absolute atomic E-state index is 0.00569. The van der Waals surface area contributed by atoms with E-state index in [0.717, 1.165) is 24.3 Å². The van der Waals surface area contributed by atoms with Crippen LogP contribution in [0.25, 0.3) is 0 Å². The van der Waals surface area contributed by atoms with Crippen molar-refractivity contribution in [3.05, 3.63) is 164 Å². The molecule has 8 bridgehead atoms. The largest absolute Gasteiger partial charge is 0.504 e. The molecule has 0 unspecified atom stereocenters. The summed E-state index contributed by atoms with van der Waals surface area (Å²) in [6, 6.07) is 19.5. The third-order valence-electron chi connectivity index (χ3n) is 13.9. The molecule has 8 aromatic rings. The zero-order valence-electron chi connectivity index (χ0n) is 40.3. The Morgan fingerprint density at radius 1 is 0.224 bits per heavy atom. The number of rotatable bonds is 8. The molecule has 0 aromatic heterocycles. The first kappa shape index (κ1) is 50.7. The van der Waals surface area contributed by atoms with Crippen LogP contribution in [0.5, 0.6) is 115 Å². The second-order valence-electron chi connectivity index (χ2n) is 17.9. The Morgan fingerprint density at radius 2 is 0.382 bits per heavy atom. The highest BCUT2D eigenvalue weighted by molar-refractivity contribution is 5.75. The van der Waals surface area contributed by atoms with Gasteiger partial charge in [-0.3, -0.25) is 0 Å². The lowest BCUT2D eigenvalue weighted by Crippen LogP contribution is -2.13. The van der Waals surface area contributed by atoms with Crippen LogP contribution in [0.4, 0.5) is 0 Å². The van der Waals surface area contributed by atoms with Gasteiger partial charge in [0.1, 0.15) is 0 Å². The summed E-state index contributed by atoms with van der Waals surface area (Å²) in [5.74, 6) is -22.4. The van der Waals surface area contributed by atoms with E-state index in [0.29, 0.717) is 0 Å². The summed E-state index contributed by atoms with van der Waals surface area (Å²) in [6.45, 7) is 0. The maximum Gasteiger partial charge on any atom is 0.200 e. The van der Waals surface area contributed by atoms with Crippen LogP contribution in [-0.2, 0) is 0 Å². The molecule has 16 N–H and O–H groups in total. The third kappa shape index (κ3) is 7.95. The molecule has 0 saturated heterocycles. The summed E-state index contributed by atoms with van der Waals surface area (Å²) in [5, 5.41) is 188. The van der Waals surface area contributed by atoms with Crippen LogP contribution in [0.15, 0.2) is 97.1 Å². The fraction of sp³-hybridized carbons (Fsp3) is 0.143. The highest BCUT2D eigenvalue weighted by Crippen LogP contribution is 2.60. The lowest BCUT2D eigenvalue weighted by atomic mass is 9.74. The average Bonchev–Trinajstić information content (AvgIpc) is 3.48. The average molecular weight is 1040 g/mol. The topological polar surface area (TPSA) is 361 Å². The van der Waals surface area contributed by atoms with Crippen LogP contribution in [0.2, 0.25) is 0 Å². The van der Waals surface area contributed by atoms with Gasteiger partial charge in [0.2, 0.25) is 23.0 Å². The molecule has 76 heavy (non-hydrogen) atoms. The fourth-order valence-corrected chi connectivity index (χ4v) is 10.1. The van der Waals surface area contributed by atoms with Crippen LogP contribution >= 0.6 is 0 Å². The Labute approximate surface area is 430 Å². The van der Waals surface area contributed by atoms with Crippen molar-refractivity contribution in [1.29, 1.82) is 0 Å². The van der Waals surface area contributed by atoms with Gasteiger partial charge in [0, 0.05) is 68.2 Å². The van der Waals surface area contributed by atoms with E-state index in [1.165, 1.54) is 101 Å². The Morgan fingerprint density at radius 3 is 0.526 bits per heavy atom. The van der Waals surface area contributed by atoms with Gasteiger partial charge in [-0.15, -0.1) is 0 Å². The van der Waals surface area contributed by atoms with E-state index in [2.05, 4.69) is 0 Å². The molecule has 392 valence electrons. The van der Waals surface area contributed by atoms with Crippen molar-refractivity contribution in [2.24, 2.45) is 0 Å². The van der Waals surface area contributed by atoms with E-state index < -0.39 is 137 Å². The van der Waals surface area contributed by atoms with Gasteiger partial charge in [-0.05, 0) is 95.1 Å². The molecule has 1 aliphatic rings. The van der Waals surface area contributed by atoms with E-state index in [1.54, 1.807) is 0 Å². The van der Waals surface area contributed by atoms with E-state index in [4.69, 9.17) is 18.9 Å². The summed E-state index contributed by atoms with van der Waals surface area (Å²) < 4.78 is 21.7. The molecule has 8 aromatic carbocycles. The number of benzene rings is 8. The van der Waals surface area contributed by atoms with Crippen molar-refractivity contribution in [3.63, 3.8) is 0 Å². The number of hydrogen-bond donors (Lipinski definition) is 16. The maximum absolute atomic E-state index is 12.1. The van der Waals surface area contributed by atoms with Crippen LogP contribution < -0.4 is 18.9 Å². The van der Waals surface area contributed by atoms with E-state index >= 15 is 0 Å². The molecule has 0 spiro atoms. The summed E-state index contributed by atoms with van der Waals surface area (Å²) >= 11 is 0. The Hall–Kier alpha value is -10.2. The minimum Gasteiger partial charge on any atom is -0.504 e. The van der Waals surface area contributed by atoms with Crippen LogP contribution in [0.1, 0.15) is 90.4 Å². The van der Waals surface area contributed by atoms with Gasteiger partial charge in [-0.25, -0.2) is 0 Å². The smallest absolute Gasteiger partial charge is 0.200 e. The maximum atomic E-state index is 12.1. The Kier molecular flexibility index (Phi) is 12.7. The van der Waals surface area contributed by atoms with Gasteiger partial charge in [0.05, 0.1) is 28.4 Å². The quantitative estimate of drug-likeness (QED) is 0.0640. The van der Waals surface area contributed by atoms with Gasteiger partial charge in [0.15, 0.2) is 92.0 Å². The number of phenols is 16. The van der Waals surface area contributed by atoms with Gasteiger partial charge >= 0.3 is 0 Å². The van der Waals surface area contributed by atoms with Crippen molar-refractivity contribution in [2.45, 2.75) is 23.7 Å². The standard InChI is InChI=1S/C56H48O20/c1-73-37-13-21(5-9-33(37)57)41-25-17-27(47(63)53(69)45(25)61)42(22-6-10-34(58)38(14-22)74-2)29-19-31(51(67)55(71)49(29)65)44(24-8-12-36(60)40(16-24)76-4)32-20-30(50(66)56(72)52(32)68)43(23-7-11-35(59)39(15-23)75-3)28-18-26(41)46(62)54(70)48(28)64/h5-20,41-44,57-72H,1-4H3. The zero-order valence-corrected chi connectivity index (χ0v) is 40.3. The molecule has 1 aliphatic carbocycles. The van der Waals surface area contributed by atoms with Gasteiger partial charge in [-0.2, -0.15) is 0 Å². The van der Waals surface area contributed by atoms with Crippen LogP contribution in [0.3, 0.4) is 0 Å². The van der Waals surface area contributed by atoms with Crippen molar-refractivity contribution in [1.82, 2.24) is 0 Å². The first-order valence-electron chi connectivity index (χ1n) is 22.8. The number of aromatic hydroxyl groups is 16. The molecule has 0 aliphatic heterocycles. The third-order valence-corrected chi connectivity index (χ3v) is 13.9. The SMILES string of the molecule is COc1cc(C2c3cc(c(O)c(O)c3O)C(c3ccc(O)c(OC)c3)c3cc(c(O)c(O)c3O)C(c3ccc(O)c(OC)c3)c3cc(c(O)c(O)c3O)C(c3ccc(O)c(OC)c3)c3cc2c(O)c(O)c3O)ccc1O. The summed E-state index contributed by atoms with van der Waals surface area (Å²) in [5.41, 5.74) is -3.32. The van der Waals surface area contributed by atoms with Gasteiger partial charge < -0.3 is 101 Å². The lowest BCUT2D eigenvalue weighted by molar-refractivity contribution is 0.353. The van der Waals surface area contributed by atoms with Gasteiger partial charge in [0.25, 0.3) is 0 Å². The van der Waals surface area contributed by atoms with E-state index in [1.807, 2.05) is 0 Å². The highest BCUT2D eigenvalue weighted by Gasteiger charge is 2.40. The molecule has 0 fully saturated rings. The summed E-state index contributed by atoms with van der Waals surface area (Å²) in [7, 11) is 4.89. The molecule has 0 radical (unpaired) electrons. The van der Waals surface area contributed by atoms with Gasteiger partial charge in [-0.1, -0.05) is 24.3 Å². The molecule has 0 amide bonds. The fourth-order valence-electron chi connectivity index (χ4n) is 10.1. The summed E-state index contributed by atoms with van der Waals surface area (Å²) in [4.78, 5) is 0. The second-order valence-corrected chi connectivity index (χ2v) is 17.9. The molecule has 0 saturated carbocycles. The molecular weight excluding hydrogens is 993 g/mol. The van der Waals surface area contributed by atoms with Crippen LogP contribution in [-0.4, -0.2) is 110 Å². The predicted molar refractivity (Wildman–Crippen MR) is 268 cm³/mol. The molecule has 20 heteroatoms. The number of phenolic OH excluding ortho intramolecular Hbond substituents is 16. The lowest BCUT2D eigenvalue weighted by Gasteiger charge is -2.30. The molecule has 0 heterocycles. The predicted octanol–water partition coefficient (Wildman–Crippen LogP) is 8.04. The zero-order chi connectivity index (χ0) is 54.9. The first-order chi connectivity index (χ1) is 36.2. The Bertz CT molecular complexity index is 3080. The van der Waals surface area contributed by atoms with Crippen molar-refractivity contribution in [3.8, 4) is 115 Å². The van der Waals surface area contributed by atoms with Crippen LogP contribution in [0, 0.1) is 0 Å². The first-order valence-corrected chi connectivity index (χ1v) is 22.8. The molecule has 20 nitrogen and oxygen atoms in total. The summed E-state index contributed by atoms with van der Waals surface area (Å²) in [6.07, 6.45) is 0. The number of fused-ring (bicyclic) bond motifs is 8. The molecular formula is C56H48O20. The monoisotopic (exact) mass is 1040 g/mol.